The lowest BCUT2D eigenvalue weighted by Gasteiger charge is -2.35. The minimum absolute atomic E-state index is 0. The first-order chi connectivity index (χ1) is 10.8. The first-order valence-corrected chi connectivity index (χ1v) is 8.02. The molecule has 1 aromatic heterocycles. The van der Waals surface area contributed by atoms with E-state index < -0.39 is 0 Å². The van der Waals surface area contributed by atoms with Gasteiger partial charge in [0.2, 0.25) is 5.91 Å². The van der Waals surface area contributed by atoms with E-state index >= 15 is 0 Å². The summed E-state index contributed by atoms with van der Waals surface area (Å²) in [5, 5.41) is 3.34. The molecule has 144 valence electrons. The normalized spacial score (nSPS) is 20.6. The number of rotatable bonds is 4. The summed E-state index contributed by atoms with van der Waals surface area (Å²) < 4.78 is 5.41. The summed E-state index contributed by atoms with van der Waals surface area (Å²) in [6.07, 6.45) is 2.37. The van der Waals surface area contributed by atoms with E-state index in [1.165, 1.54) is 0 Å². The van der Waals surface area contributed by atoms with Gasteiger partial charge < -0.3 is 15.0 Å². The molecule has 2 aliphatic rings. The molecule has 1 aromatic rings. The van der Waals surface area contributed by atoms with Crippen LogP contribution in [0.4, 0.5) is 0 Å². The molecule has 0 radical (unpaired) electrons. The highest BCUT2D eigenvalue weighted by Gasteiger charge is 2.24. The van der Waals surface area contributed by atoms with E-state index in [1.807, 2.05) is 29.3 Å². The maximum Gasteiger partial charge on any atom is 0.224 e. The molecule has 1 N–H and O–H groups in total. The molecular weight excluding hydrogens is 387 g/mol. The van der Waals surface area contributed by atoms with Gasteiger partial charge in [0.25, 0.3) is 0 Å². The number of morpholine rings is 1. The topological polar surface area (TPSA) is 57.7 Å². The number of hydrogen-bond donors (Lipinski definition) is 1. The molecule has 1 unspecified atom stereocenters. The van der Waals surface area contributed by atoms with Crippen molar-refractivity contribution in [1.82, 2.24) is 20.1 Å². The molecule has 1 amide bonds. The second kappa shape index (κ2) is 12.7. The summed E-state index contributed by atoms with van der Waals surface area (Å²) >= 11 is 0. The Labute approximate surface area is 167 Å². The molecule has 3 rings (SSSR count). The average molecular weight is 414 g/mol. The van der Waals surface area contributed by atoms with Crippen LogP contribution < -0.4 is 5.32 Å². The standard InChI is InChI=1S/C16H24N4O2.3ClH/c21-16(11-15-13-22-10-5-18-15)20-8-6-19(7-9-20)12-14-3-1-2-4-17-14;;;/h1-4,15,18H,5-13H2;3*1H. The molecule has 0 spiro atoms. The van der Waals surface area contributed by atoms with Crippen LogP contribution >= 0.6 is 37.2 Å². The van der Waals surface area contributed by atoms with Gasteiger partial charge >= 0.3 is 0 Å². The van der Waals surface area contributed by atoms with E-state index in [0.717, 1.165) is 51.6 Å². The third-order valence-corrected chi connectivity index (χ3v) is 4.26. The fraction of sp³-hybridized carbons (Fsp3) is 0.625. The van der Waals surface area contributed by atoms with Gasteiger partial charge in [0.05, 0.1) is 18.9 Å². The van der Waals surface area contributed by atoms with E-state index in [2.05, 4.69) is 15.2 Å². The van der Waals surface area contributed by atoms with E-state index in [0.29, 0.717) is 13.0 Å². The lowest BCUT2D eigenvalue weighted by Crippen LogP contribution is -2.51. The predicted octanol–water partition coefficient (Wildman–Crippen LogP) is 1.37. The van der Waals surface area contributed by atoms with Gasteiger partial charge in [-0.05, 0) is 12.1 Å². The number of aromatic nitrogens is 1. The molecule has 2 fully saturated rings. The maximum atomic E-state index is 12.3. The number of pyridine rings is 1. The first-order valence-electron chi connectivity index (χ1n) is 8.02. The Hall–Kier alpha value is -0.630. The zero-order chi connectivity index (χ0) is 15.2. The highest BCUT2D eigenvalue weighted by atomic mass is 35.5. The molecule has 0 bridgehead atoms. The highest BCUT2D eigenvalue weighted by Crippen LogP contribution is 2.09. The quantitative estimate of drug-likeness (QED) is 0.808. The van der Waals surface area contributed by atoms with Gasteiger partial charge in [-0.3, -0.25) is 14.7 Å². The van der Waals surface area contributed by atoms with E-state index in [9.17, 15) is 4.79 Å². The third kappa shape index (κ3) is 7.64. The Balaban J connectivity index is 0.00000192. The van der Waals surface area contributed by atoms with Crippen LogP contribution in [-0.2, 0) is 16.1 Å². The van der Waals surface area contributed by atoms with Crippen molar-refractivity contribution in [2.45, 2.75) is 19.0 Å². The van der Waals surface area contributed by atoms with Crippen LogP contribution in [0.3, 0.4) is 0 Å². The van der Waals surface area contributed by atoms with E-state index in [1.54, 1.807) is 0 Å². The average Bonchev–Trinajstić information content (AvgIpc) is 2.57. The van der Waals surface area contributed by atoms with Gasteiger partial charge in [-0.15, -0.1) is 37.2 Å². The second-order valence-electron chi connectivity index (χ2n) is 5.91. The summed E-state index contributed by atoms with van der Waals surface area (Å²) in [7, 11) is 0. The number of ether oxygens (including phenoxy) is 1. The van der Waals surface area contributed by atoms with Gasteiger partial charge in [0.1, 0.15) is 0 Å². The molecule has 3 heterocycles. The van der Waals surface area contributed by atoms with Crippen molar-refractivity contribution in [1.29, 1.82) is 0 Å². The summed E-state index contributed by atoms with van der Waals surface area (Å²) in [4.78, 5) is 21.0. The van der Waals surface area contributed by atoms with Crippen LogP contribution in [0.15, 0.2) is 24.4 Å². The minimum Gasteiger partial charge on any atom is -0.378 e. The smallest absolute Gasteiger partial charge is 0.224 e. The summed E-state index contributed by atoms with van der Waals surface area (Å²) in [5.74, 6) is 0.237. The summed E-state index contributed by atoms with van der Waals surface area (Å²) in [6, 6.07) is 6.17. The van der Waals surface area contributed by atoms with Crippen LogP contribution in [0.2, 0.25) is 0 Å². The van der Waals surface area contributed by atoms with Crippen molar-refractivity contribution < 1.29 is 9.53 Å². The van der Waals surface area contributed by atoms with Crippen LogP contribution in [0.25, 0.3) is 0 Å². The number of hydrogen-bond acceptors (Lipinski definition) is 5. The van der Waals surface area contributed by atoms with Gasteiger partial charge in [0.15, 0.2) is 0 Å². The number of halogens is 3. The van der Waals surface area contributed by atoms with Crippen LogP contribution in [-0.4, -0.2) is 72.7 Å². The largest absolute Gasteiger partial charge is 0.378 e. The van der Waals surface area contributed by atoms with E-state index in [4.69, 9.17) is 4.74 Å². The molecule has 6 nitrogen and oxygen atoms in total. The Morgan fingerprint density at radius 2 is 1.96 bits per heavy atom. The van der Waals surface area contributed by atoms with Crippen molar-refractivity contribution in [3.8, 4) is 0 Å². The predicted molar refractivity (Wildman–Crippen MR) is 105 cm³/mol. The number of amides is 1. The second-order valence-corrected chi connectivity index (χ2v) is 5.91. The number of nitrogens with zero attached hydrogens (tertiary/aromatic N) is 3. The van der Waals surface area contributed by atoms with Crippen LogP contribution in [0.5, 0.6) is 0 Å². The van der Waals surface area contributed by atoms with Crippen molar-refractivity contribution in [3.05, 3.63) is 30.1 Å². The number of piperazine rings is 1. The fourth-order valence-corrected chi connectivity index (χ4v) is 2.97. The molecule has 2 aliphatic heterocycles. The number of carbonyl (C=O) groups is 1. The van der Waals surface area contributed by atoms with Gasteiger partial charge in [0, 0.05) is 57.9 Å². The van der Waals surface area contributed by atoms with Crippen molar-refractivity contribution in [3.63, 3.8) is 0 Å². The molecular formula is C16H27Cl3N4O2. The third-order valence-electron chi connectivity index (χ3n) is 4.26. The summed E-state index contributed by atoms with van der Waals surface area (Å²) in [5.41, 5.74) is 1.09. The van der Waals surface area contributed by atoms with Gasteiger partial charge in [-0.2, -0.15) is 0 Å². The number of nitrogens with one attached hydrogen (secondary N) is 1. The summed E-state index contributed by atoms with van der Waals surface area (Å²) in [6.45, 7) is 6.53. The molecule has 0 aliphatic carbocycles. The van der Waals surface area contributed by atoms with Crippen molar-refractivity contribution >= 4 is 43.1 Å². The minimum atomic E-state index is 0. The zero-order valence-corrected chi connectivity index (χ0v) is 16.6. The highest BCUT2D eigenvalue weighted by molar-refractivity contribution is 5.86. The molecule has 9 heteroatoms. The van der Waals surface area contributed by atoms with Crippen LogP contribution in [0, 0.1) is 0 Å². The van der Waals surface area contributed by atoms with Crippen LogP contribution in [0.1, 0.15) is 12.1 Å². The van der Waals surface area contributed by atoms with Gasteiger partial charge in [-0.25, -0.2) is 0 Å². The van der Waals surface area contributed by atoms with Crippen molar-refractivity contribution in [2.24, 2.45) is 0 Å². The first kappa shape index (κ1) is 24.4. The fourth-order valence-electron chi connectivity index (χ4n) is 2.97. The molecule has 1 atom stereocenters. The Morgan fingerprint density at radius 3 is 2.56 bits per heavy atom. The van der Waals surface area contributed by atoms with Gasteiger partial charge in [-0.1, -0.05) is 6.07 Å². The number of carbonyl (C=O) groups excluding carboxylic acids is 1. The molecule has 2 saturated heterocycles. The van der Waals surface area contributed by atoms with Crippen molar-refractivity contribution in [2.75, 3.05) is 45.9 Å². The Morgan fingerprint density at radius 1 is 1.20 bits per heavy atom. The lowest BCUT2D eigenvalue weighted by molar-refractivity contribution is -0.134. The maximum absolute atomic E-state index is 12.3. The molecule has 0 saturated carbocycles. The Bertz CT molecular complexity index is 482. The zero-order valence-electron chi connectivity index (χ0n) is 14.1. The Kier molecular flexibility index (Phi) is 12.4. The molecule has 0 aromatic carbocycles. The lowest BCUT2D eigenvalue weighted by atomic mass is 10.1. The molecule has 25 heavy (non-hydrogen) atoms. The van der Waals surface area contributed by atoms with E-state index in [-0.39, 0.29) is 49.2 Å². The SMILES string of the molecule is Cl.Cl.Cl.O=C(CC1COCCN1)N1CCN(Cc2ccccn2)CC1. The monoisotopic (exact) mass is 412 g/mol.